The van der Waals surface area contributed by atoms with Gasteiger partial charge in [0.25, 0.3) is 5.89 Å². The minimum Gasteiger partial charge on any atom is -0.477 e. The number of aromatic amines is 1. The summed E-state index contributed by atoms with van der Waals surface area (Å²) in [5.41, 5.74) is 1.49. The number of anilines is 1. The molecule has 8 nitrogen and oxygen atoms in total. The van der Waals surface area contributed by atoms with Crippen LogP contribution in [0.3, 0.4) is 0 Å². The highest BCUT2D eigenvalue weighted by molar-refractivity contribution is 5.57. The highest BCUT2D eigenvalue weighted by Gasteiger charge is 2.26. The van der Waals surface area contributed by atoms with Crippen LogP contribution in [0.1, 0.15) is 12.0 Å². The Labute approximate surface area is 113 Å². The number of hydrogen-bond donors (Lipinski definition) is 2. The van der Waals surface area contributed by atoms with Gasteiger partial charge in [-0.15, -0.1) is 0 Å². The maximum absolute atomic E-state index is 5.85. The fraction of sp³-hybridized carbons (Fsp3) is 0.167. The van der Waals surface area contributed by atoms with Gasteiger partial charge in [0.15, 0.2) is 11.8 Å². The predicted octanol–water partition coefficient (Wildman–Crippen LogP) is 1.40. The normalized spacial score (nSPS) is 17.1. The quantitative estimate of drug-likeness (QED) is 0.725. The molecule has 1 atom stereocenters. The van der Waals surface area contributed by atoms with E-state index in [1.54, 1.807) is 0 Å². The summed E-state index contributed by atoms with van der Waals surface area (Å²) in [6, 6.07) is 7.71. The summed E-state index contributed by atoms with van der Waals surface area (Å²) in [5.74, 6) is 1.56. The van der Waals surface area contributed by atoms with E-state index in [9.17, 15) is 0 Å². The topological polar surface area (TPSA) is 102 Å². The second kappa shape index (κ2) is 4.34. The van der Waals surface area contributed by atoms with E-state index in [-0.39, 0.29) is 6.10 Å². The molecule has 2 N–H and O–H groups in total. The lowest BCUT2D eigenvalue weighted by atomic mass is 10.2. The second-order valence-electron chi connectivity index (χ2n) is 4.30. The molecular formula is C12H10N6O2. The van der Waals surface area contributed by atoms with E-state index >= 15 is 0 Å². The number of benzene rings is 1. The third kappa shape index (κ3) is 1.78. The maximum atomic E-state index is 5.85. The predicted molar refractivity (Wildman–Crippen MR) is 68.0 cm³/mol. The first-order chi connectivity index (χ1) is 9.90. The van der Waals surface area contributed by atoms with Crippen LogP contribution >= 0.6 is 0 Å². The van der Waals surface area contributed by atoms with Crippen molar-refractivity contribution in [2.24, 2.45) is 0 Å². The number of nitrogens with zero attached hydrogens (tertiary/aromatic N) is 4. The van der Waals surface area contributed by atoms with Crippen molar-refractivity contribution in [3.05, 3.63) is 36.4 Å². The van der Waals surface area contributed by atoms with E-state index in [0.717, 1.165) is 11.4 Å². The highest BCUT2D eigenvalue weighted by Crippen LogP contribution is 2.33. The molecule has 100 valence electrons. The Morgan fingerprint density at radius 2 is 2.20 bits per heavy atom. The number of rotatable bonds is 2. The number of ether oxygens (including phenoxy) is 1. The third-order valence-corrected chi connectivity index (χ3v) is 3.00. The van der Waals surface area contributed by atoms with Crippen molar-refractivity contribution in [3.63, 3.8) is 0 Å². The first kappa shape index (κ1) is 11.0. The molecule has 0 saturated carbocycles. The Bertz CT molecular complexity index is 723. The maximum Gasteiger partial charge on any atom is 0.269 e. The SMILES string of the molecule is c1ccc2c(c1)NCC(c1nc(-c3cn[nH]n3)no1)O2. The molecule has 8 heteroatoms. The lowest BCUT2D eigenvalue weighted by Gasteiger charge is -2.24. The molecule has 0 amide bonds. The largest absolute Gasteiger partial charge is 0.477 e. The minimum absolute atomic E-state index is 0.321. The van der Waals surface area contributed by atoms with E-state index in [2.05, 4.69) is 30.9 Å². The van der Waals surface area contributed by atoms with Gasteiger partial charge in [-0.25, -0.2) is 0 Å². The van der Waals surface area contributed by atoms with Crippen molar-refractivity contribution in [2.45, 2.75) is 6.10 Å². The first-order valence-corrected chi connectivity index (χ1v) is 6.09. The summed E-state index contributed by atoms with van der Waals surface area (Å²) < 4.78 is 11.1. The van der Waals surface area contributed by atoms with Gasteiger partial charge in [0.05, 0.1) is 18.4 Å². The molecule has 1 aliphatic heterocycles. The molecule has 0 bridgehead atoms. The molecule has 0 spiro atoms. The minimum atomic E-state index is -0.321. The average molecular weight is 270 g/mol. The van der Waals surface area contributed by atoms with E-state index in [4.69, 9.17) is 9.26 Å². The van der Waals surface area contributed by atoms with Crippen molar-refractivity contribution in [2.75, 3.05) is 11.9 Å². The molecule has 3 aromatic rings. The zero-order valence-electron chi connectivity index (χ0n) is 10.3. The Balaban J connectivity index is 1.60. The zero-order chi connectivity index (χ0) is 13.4. The molecule has 0 saturated heterocycles. The fourth-order valence-corrected chi connectivity index (χ4v) is 2.03. The van der Waals surface area contributed by atoms with Gasteiger partial charge in [-0.05, 0) is 12.1 Å². The van der Waals surface area contributed by atoms with E-state index < -0.39 is 0 Å². The number of H-pyrrole nitrogens is 1. The monoisotopic (exact) mass is 270 g/mol. The number of nitrogens with one attached hydrogen (secondary N) is 2. The van der Waals surface area contributed by atoms with Crippen molar-refractivity contribution >= 4 is 5.69 Å². The van der Waals surface area contributed by atoms with Gasteiger partial charge in [-0.2, -0.15) is 20.4 Å². The lowest BCUT2D eigenvalue weighted by Crippen LogP contribution is -2.23. The van der Waals surface area contributed by atoms with Gasteiger partial charge in [-0.3, -0.25) is 0 Å². The van der Waals surface area contributed by atoms with Crippen molar-refractivity contribution in [3.8, 4) is 17.3 Å². The Kier molecular flexibility index (Phi) is 2.38. The van der Waals surface area contributed by atoms with Gasteiger partial charge >= 0.3 is 0 Å². The zero-order valence-corrected chi connectivity index (χ0v) is 10.3. The van der Waals surface area contributed by atoms with Crippen LogP contribution in [0, 0.1) is 0 Å². The van der Waals surface area contributed by atoms with E-state index in [1.165, 1.54) is 6.20 Å². The van der Waals surface area contributed by atoms with Crippen LogP contribution in [-0.2, 0) is 0 Å². The molecule has 0 aliphatic carbocycles. The summed E-state index contributed by atoms with van der Waals surface area (Å²) in [6.45, 7) is 0.567. The third-order valence-electron chi connectivity index (χ3n) is 3.00. The van der Waals surface area contributed by atoms with Gasteiger partial charge in [0, 0.05) is 0 Å². The standard InChI is InChI=1S/C12H10N6O2/c1-2-4-9-7(3-1)13-6-10(19-9)12-15-11(17-20-12)8-5-14-18-16-8/h1-5,10,13H,6H2,(H,14,16,18). The fourth-order valence-electron chi connectivity index (χ4n) is 2.03. The van der Waals surface area contributed by atoms with Crippen molar-refractivity contribution in [1.82, 2.24) is 25.6 Å². The lowest BCUT2D eigenvalue weighted by molar-refractivity contribution is 0.163. The molecule has 4 rings (SSSR count). The highest BCUT2D eigenvalue weighted by atomic mass is 16.5. The molecule has 1 aromatic carbocycles. The number of fused-ring (bicyclic) bond motifs is 1. The second-order valence-corrected chi connectivity index (χ2v) is 4.30. The number of hydrogen-bond acceptors (Lipinski definition) is 7. The number of aromatic nitrogens is 5. The van der Waals surface area contributed by atoms with Gasteiger partial charge in [-0.1, -0.05) is 17.3 Å². The van der Waals surface area contributed by atoms with Gasteiger partial charge in [0.1, 0.15) is 5.75 Å². The van der Waals surface area contributed by atoms with Crippen molar-refractivity contribution in [1.29, 1.82) is 0 Å². The Morgan fingerprint density at radius 1 is 1.25 bits per heavy atom. The Morgan fingerprint density at radius 3 is 3.10 bits per heavy atom. The van der Waals surface area contributed by atoms with Crippen LogP contribution in [0.5, 0.6) is 5.75 Å². The van der Waals surface area contributed by atoms with Crippen LogP contribution in [0.25, 0.3) is 11.5 Å². The summed E-state index contributed by atoms with van der Waals surface area (Å²) in [5, 5.41) is 17.3. The Hall–Kier alpha value is -2.90. The molecule has 1 aliphatic rings. The molecule has 0 radical (unpaired) electrons. The van der Waals surface area contributed by atoms with E-state index in [1.807, 2.05) is 24.3 Å². The van der Waals surface area contributed by atoms with Crippen LogP contribution < -0.4 is 10.1 Å². The molecule has 1 unspecified atom stereocenters. The summed E-state index contributed by atoms with van der Waals surface area (Å²) in [7, 11) is 0. The van der Waals surface area contributed by atoms with Gasteiger partial charge < -0.3 is 14.6 Å². The summed E-state index contributed by atoms with van der Waals surface area (Å²) in [6.07, 6.45) is 1.21. The molecule has 20 heavy (non-hydrogen) atoms. The van der Waals surface area contributed by atoms with Crippen LogP contribution in [0.2, 0.25) is 0 Å². The number of para-hydroxylation sites is 2. The van der Waals surface area contributed by atoms with Gasteiger partial charge in [0.2, 0.25) is 5.82 Å². The van der Waals surface area contributed by atoms with Crippen molar-refractivity contribution < 1.29 is 9.26 Å². The smallest absolute Gasteiger partial charge is 0.269 e. The average Bonchev–Trinajstić information content (AvgIpc) is 3.17. The summed E-state index contributed by atoms with van der Waals surface area (Å²) in [4.78, 5) is 4.28. The molecule has 2 aromatic heterocycles. The molecular weight excluding hydrogens is 260 g/mol. The molecule has 3 heterocycles. The summed E-state index contributed by atoms with van der Waals surface area (Å²) >= 11 is 0. The van der Waals surface area contributed by atoms with Crippen LogP contribution in [-0.4, -0.2) is 32.1 Å². The van der Waals surface area contributed by atoms with Crippen LogP contribution in [0.15, 0.2) is 35.0 Å². The van der Waals surface area contributed by atoms with Crippen LogP contribution in [0.4, 0.5) is 5.69 Å². The van der Waals surface area contributed by atoms with E-state index in [0.29, 0.717) is 24.0 Å². The molecule has 0 fully saturated rings. The first-order valence-electron chi connectivity index (χ1n) is 6.09.